The van der Waals surface area contributed by atoms with E-state index in [-0.39, 0.29) is 17.5 Å². The molecule has 17 heavy (non-hydrogen) atoms. The minimum Gasteiger partial charge on any atom is -0.328 e. The first-order chi connectivity index (χ1) is 7.73. The van der Waals surface area contributed by atoms with Crippen LogP contribution in [0.2, 0.25) is 5.15 Å². The third-order valence-electron chi connectivity index (χ3n) is 2.52. The maximum absolute atomic E-state index is 11.9. The minimum absolute atomic E-state index is 0.0712. The number of aromatic nitrogens is 2. The molecule has 1 aromatic rings. The maximum Gasteiger partial charge on any atom is 0.154 e. The Morgan fingerprint density at radius 2 is 2.12 bits per heavy atom. The van der Waals surface area contributed by atoms with Gasteiger partial charge in [0.25, 0.3) is 0 Å². The van der Waals surface area contributed by atoms with Gasteiger partial charge in [-0.15, -0.1) is 0 Å². The molecule has 0 saturated carbocycles. The van der Waals surface area contributed by atoms with Gasteiger partial charge >= 0.3 is 0 Å². The van der Waals surface area contributed by atoms with Crippen LogP contribution in [0.5, 0.6) is 0 Å². The van der Waals surface area contributed by atoms with Gasteiger partial charge in [0.05, 0.1) is 17.2 Å². The summed E-state index contributed by atoms with van der Waals surface area (Å²) >= 11 is 5.99. The summed E-state index contributed by atoms with van der Waals surface area (Å²) in [5.41, 5.74) is 6.79. The molecule has 0 aliphatic rings. The lowest BCUT2D eigenvalue weighted by atomic mass is 10.3. The Kier molecular flexibility index (Phi) is 4.57. The van der Waals surface area contributed by atoms with E-state index < -0.39 is 9.84 Å². The highest BCUT2D eigenvalue weighted by molar-refractivity contribution is 7.90. The summed E-state index contributed by atoms with van der Waals surface area (Å²) in [5, 5.41) is 4.47. The van der Waals surface area contributed by atoms with Gasteiger partial charge in [0.2, 0.25) is 0 Å². The zero-order valence-corrected chi connectivity index (χ0v) is 11.8. The van der Waals surface area contributed by atoms with Crippen molar-refractivity contribution in [2.75, 3.05) is 5.75 Å². The molecule has 1 atom stereocenters. The molecule has 7 heteroatoms. The van der Waals surface area contributed by atoms with Crippen molar-refractivity contribution >= 4 is 21.4 Å². The van der Waals surface area contributed by atoms with Gasteiger partial charge in [0.1, 0.15) is 5.15 Å². The van der Waals surface area contributed by atoms with E-state index in [0.717, 1.165) is 0 Å². The van der Waals surface area contributed by atoms with Crippen molar-refractivity contribution in [3.63, 3.8) is 0 Å². The highest BCUT2D eigenvalue weighted by Gasteiger charge is 2.19. The molecule has 5 nitrogen and oxygen atoms in total. The average Bonchev–Trinajstić information content (AvgIpc) is 2.42. The number of halogens is 1. The van der Waals surface area contributed by atoms with E-state index in [9.17, 15) is 8.42 Å². The Hall–Kier alpha value is -0.590. The van der Waals surface area contributed by atoms with Gasteiger partial charge in [0.15, 0.2) is 9.84 Å². The maximum atomic E-state index is 11.9. The van der Waals surface area contributed by atoms with Crippen LogP contribution in [0.1, 0.15) is 24.6 Å². The summed E-state index contributed by atoms with van der Waals surface area (Å²) in [4.78, 5) is 0. The lowest BCUT2D eigenvalue weighted by Crippen LogP contribution is -2.21. The van der Waals surface area contributed by atoms with Gasteiger partial charge in [0, 0.05) is 18.7 Å². The second-order valence-electron chi connectivity index (χ2n) is 4.34. The summed E-state index contributed by atoms with van der Waals surface area (Å²) in [5.74, 6) is 0.00750. The Balaban J connectivity index is 2.83. The van der Waals surface area contributed by atoms with E-state index in [0.29, 0.717) is 22.8 Å². The average molecular weight is 280 g/mol. The first kappa shape index (κ1) is 14.5. The molecule has 1 unspecified atom stereocenters. The van der Waals surface area contributed by atoms with Crippen molar-refractivity contribution < 1.29 is 8.42 Å². The number of aryl methyl sites for hydroxylation is 2. The van der Waals surface area contributed by atoms with Crippen LogP contribution in [0, 0.1) is 6.92 Å². The monoisotopic (exact) mass is 279 g/mol. The Labute approximate surface area is 107 Å². The van der Waals surface area contributed by atoms with Crippen LogP contribution in [0.15, 0.2) is 0 Å². The molecule has 0 radical (unpaired) electrons. The number of hydrogen-bond donors (Lipinski definition) is 1. The molecular formula is C10H18ClN3O2S. The fourth-order valence-electron chi connectivity index (χ4n) is 1.50. The first-order valence-electron chi connectivity index (χ1n) is 5.37. The van der Waals surface area contributed by atoms with E-state index in [1.165, 1.54) is 4.68 Å². The summed E-state index contributed by atoms with van der Waals surface area (Å²) in [6.07, 6.45) is 0.458. The van der Waals surface area contributed by atoms with Crippen molar-refractivity contribution in [3.8, 4) is 0 Å². The van der Waals surface area contributed by atoms with Gasteiger partial charge in [-0.2, -0.15) is 5.10 Å². The molecule has 1 rings (SSSR count). The Bertz CT molecular complexity index is 494. The van der Waals surface area contributed by atoms with Gasteiger partial charge in [-0.3, -0.25) is 4.68 Å². The second-order valence-corrected chi connectivity index (χ2v) is 6.88. The van der Waals surface area contributed by atoms with E-state index in [1.54, 1.807) is 20.9 Å². The SMILES string of the molecule is Cc1nn(C)c(Cl)c1CS(=O)(=O)CCC(C)N. The molecule has 1 aromatic heterocycles. The molecule has 0 fully saturated rings. The van der Waals surface area contributed by atoms with Crippen molar-refractivity contribution in [3.05, 3.63) is 16.4 Å². The molecule has 1 heterocycles. The number of hydrogen-bond acceptors (Lipinski definition) is 4. The first-order valence-corrected chi connectivity index (χ1v) is 7.57. The summed E-state index contributed by atoms with van der Waals surface area (Å²) < 4.78 is 25.2. The van der Waals surface area contributed by atoms with Crippen LogP contribution < -0.4 is 5.73 Å². The predicted molar refractivity (Wildman–Crippen MR) is 68.7 cm³/mol. The predicted octanol–water partition coefficient (Wildman–Crippen LogP) is 1.03. The van der Waals surface area contributed by atoms with Crippen LogP contribution >= 0.6 is 11.6 Å². The number of rotatable bonds is 5. The zero-order chi connectivity index (χ0) is 13.2. The van der Waals surface area contributed by atoms with E-state index in [2.05, 4.69) is 5.10 Å². The standard InChI is InChI=1S/C10H18ClN3O2S/c1-7(12)4-5-17(15,16)6-9-8(2)13-14(3)10(9)11/h7H,4-6,12H2,1-3H3. The van der Waals surface area contributed by atoms with Crippen LogP contribution in [0.25, 0.3) is 0 Å². The van der Waals surface area contributed by atoms with Crippen molar-refractivity contribution in [2.45, 2.75) is 32.1 Å². The van der Waals surface area contributed by atoms with Crippen molar-refractivity contribution in [2.24, 2.45) is 12.8 Å². The smallest absolute Gasteiger partial charge is 0.154 e. The van der Waals surface area contributed by atoms with Gasteiger partial charge in [-0.05, 0) is 20.3 Å². The molecule has 0 bridgehead atoms. The summed E-state index contributed by atoms with van der Waals surface area (Å²) in [6, 6.07) is -0.116. The third kappa shape index (κ3) is 3.97. The van der Waals surface area contributed by atoms with E-state index >= 15 is 0 Å². The fraction of sp³-hybridized carbons (Fsp3) is 0.700. The normalized spacial score (nSPS) is 13.9. The Morgan fingerprint density at radius 1 is 1.53 bits per heavy atom. The largest absolute Gasteiger partial charge is 0.328 e. The number of nitrogens with two attached hydrogens (primary N) is 1. The van der Waals surface area contributed by atoms with Gasteiger partial charge in [-0.1, -0.05) is 11.6 Å². The second kappa shape index (κ2) is 5.37. The Morgan fingerprint density at radius 3 is 2.53 bits per heavy atom. The summed E-state index contributed by atoms with van der Waals surface area (Å²) in [6.45, 7) is 3.54. The number of nitrogens with zero attached hydrogens (tertiary/aromatic N) is 2. The molecular weight excluding hydrogens is 262 g/mol. The minimum atomic E-state index is -3.18. The third-order valence-corrected chi connectivity index (χ3v) is 4.58. The molecule has 0 aliphatic carbocycles. The molecule has 0 spiro atoms. The van der Waals surface area contributed by atoms with Crippen LogP contribution in [0.3, 0.4) is 0 Å². The highest BCUT2D eigenvalue weighted by Crippen LogP contribution is 2.21. The number of sulfone groups is 1. The van der Waals surface area contributed by atoms with Crippen LogP contribution in [-0.4, -0.2) is 30.0 Å². The quantitative estimate of drug-likeness (QED) is 0.873. The molecule has 0 amide bonds. The van der Waals surface area contributed by atoms with E-state index in [4.69, 9.17) is 17.3 Å². The topological polar surface area (TPSA) is 78.0 Å². The van der Waals surface area contributed by atoms with Gasteiger partial charge in [-0.25, -0.2) is 8.42 Å². The molecule has 2 N–H and O–H groups in total. The van der Waals surface area contributed by atoms with Crippen molar-refractivity contribution in [1.29, 1.82) is 0 Å². The van der Waals surface area contributed by atoms with Gasteiger partial charge < -0.3 is 5.73 Å². The van der Waals surface area contributed by atoms with Crippen LogP contribution in [-0.2, 0) is 22.6 Å². The lowest BCUT2D eigenvalue weighted by Gasteiger charge is -2.06. The fourth-order valence-corrected chi connectivity index (χ4v) is 3.48. The highest BCUT2D eigenvalue weighted by atomic mass is 35.5. The summed E-state index contributed by atoms with van der Waals surface area (Å²) in [7, 11) is -1.49. The van der Waals surface area contributed by atoms with Crippen LogP contribution in [0.4, 0.5) is 0 Å². The lowest BCUT2D eigenvalue weighted by molar-refractivity contribution is 0.586. The molecule has 0 aliphatic heterocycles. The zero-order valence-electron chi connectivity index (χ0n) is 10.3. The molecule has 0 saturated heterocycles. The van der Waals surface area contributed by atoms with Crippen molar-refractivity contribution in [1.82, 2.24) is 9.78 Å². The molecule has 98 valence electrons. The van der Waals surface area contributed by atoms with E-state index in [1.807, 2.05) is 0 Å². The molecule has 0 aromatic carbocycles.